The van der Waals surface area contributed by atoms with Crippen molar-refractivity contribution in [1.82, 2.24) is 10.3 Å². The molecule has 0 aliphatic heterocycles. The molecule has 4 rings (SSSR count). The number of amides is 2. The summed E-state index contributed by atoms with van der Waals surface area (Å²) in [5.41, 5.74) is 1.23. The highest BCUT2D eigenvalue weighted by molar-refractivity contribution is 7.14. The number of rotatable bonds is 5. The van der Waals surface area contributed by atoms with Gasteiger partial charge in [0.15, 0.2) is 10.9 Å². The number of aromatic nitrogens is 1. The van der Waals surface area contributed by atoms with Gasteiger partial charge < -0.3 is 9.73 Å². The summed E-state index contributed by atoms with van der Waals surface area (Å²) in [6.45, 7) is 1.78. The van der Waals surface area contributed by atoms with Gasteiger partial charge in [0, 0.05) is 17.9 Å². The predicted molar refractivity (Wildman–Crippen MR) is 109 cm³/mol. The molecule has 2 aromatic carbocycles. The first-order chi connectivity index (χ1) is 13.6. The van der Waals surface area contributed by atoms with Gasteiger partial charge in [-0.15, -0.1) is 11.3 Å². The summed E-state index contributed by atoms with van der Waals surface area (Å²) in [4.78, 5) is 28.2. The van der Waals surface area contributed by atoms with Gasteiger partial charge in [0.25, 0.3) is 5.91 Å². The molecule has 2 aromatic heterocycles. The molecular weight excluding hydrogens is 374 g/mol. The lowest BCUT2D eigenvalue weighted by atomic mass is 10.0. The SMILES string of the molecule is CC(=O)NCc1ccc(-c2csc(NC(=O)c3cccc4ccccc34)n2)o1. The van der Waals surface area contributed by atoms with E-state index >= 15 is 0 Å². The van der Waals surface area contributed by atoms with E-state index in [1.807, 2.05) is 41.8 Å². The van der Waals surface area contributed by atoms with Crippen LogP contribution in [0.15, 0.2) is 64.4 Å². The number of nitrogens with zero attached hydrogens (tertiary/aromatic N) is 1. The van der Waals surface area contributed by atoms with Crippen molar-refractivity contribution in [3.8, 4) is 11.5 Å². The van der Waals surface area contributed by atoms with Crippen LogP contribution in [-0.2, 0) is 11.3 Å². The Labute approximate surface area is 165 Å². The molecule has 0 unspecified atom stereocenters. The Morgan fingerprint density at radius 3 is 2.75 bits per heavy atom. The van der Waals surface area contributed by atoms with Gasteiger partial charge >= 0.3 is 0 Å². The molecule has 2 N–H and O–H groups in total. The first kappa shape index (κ1) is 17.9. The number of thiazole rings is 1. The molecule has 7 heteroatoms. The van der Waals surface area contributed by atoms with Gasteiger partial charge in [-0.2, -0.15) is 0 Å². The Kier molecular flexibility index (Phi) is 4.90. The molecule has 6 nitrogen and oxygen atoms in total. The first-order valence-electron chi connectivity index (χ1n) is 8.68. The van der Waals surface area contributed by atoms with Crippen molar-refractivity contribution in [2.45, 2.75) is 13.5 Å². The molecule has 0 fully saturated rings. The quantitative estimate of drug-likeness (QED) is 0.527. The minimum Gasteiger partial charge on any atom is -0.458 e. The molecular formula is C21H17N3O3S. The van der Waals surface area contributed by atoms with Crippen molar-refractivity contribution in [3.05, 3.63) is 71.3 Å². The number of hydrogen-bond acceptors (Lipinski definition) is 5. The highest BCUT2D eigenvalue weighted by Gasteiger charge is 2.14. The van der Waals surface area contributed by atoms with Crippen LogP contribution in [0.4, 0.5) is 5.13 Å². The van der Waals surface area contributed by atoms with E-state index < -0.39 is 0 Å². The van der Waals surface area contributed by atoms with E-state index in [2.05, 4.69) is 15.6 Å². The molecule has 0 bridgehead atoms. The number of benzene rings is 2. The summed E-state index contributed by atoms with van der Waals surface area (Å²) in [6, 6.07) is 17.0. The van der Waals surface area contributed by atoms with E-state index in [9.17, 15) is 9.59 Å². The number of carbonyl (C=O) groups excluding carboxylic acids is 2. The van der Waals surface area contributed by atoms with Crippen LogP contribution in [0.3, 0.4) is 0 Å². The monoisotopic (exact) mass is 391 g/mol. The van der Waals surface area contributed by atoms with Gasteiger partial charge in [0.05, 0.1) is 6.54 Å². The van der Waals surface area contributed by atoms with Gasteiger partial charge in [0.2, 0.25) is 5.91 Å². The van der Waals surface area contributed by atoms with Gasteiger partial charge in [0.1, 0.15) is 11.5 Å². The van der Waals surface area contributed by atoms with E-state index in [0.29, 0.717) is 34.5 Å². The maximum Gasteiger partial charge on any atom is 0.258 e. The molecule has 28 heavy (non-hydrogen) atoms. The van der Waals surface area contributed by atoms with Crippen LogP contribution < -0.4 is 10.6 Å². The molecule has 0 aliphatic rings. The Balaban J connectivity index is 1.50. The Bertz CT molecular complexity index is 1160. The summed E-state index contributed by atoms with van der Waals surface area (Å²) in [7, 11) is 0. The summed E-state index contributed by atoms with van der Waals surface area (Å²) in [5, 5.41) is 9.76. The third-order valence-corrected chi connectivity index (χ3v) is 4.94. The fraction of sp³-hybridized carbons (Fsp3) is 0.0952. The Morgan fingerprint density at radius 2 is 1.89 bits per heavy atom. The summed E-state index contributed by atoms with van der Waals surface area (Å²) in [6.07, 6.45) is 0. The highest BCUT2D eigenvalue weighted by atomic mass is 32.1. The lowest BCUT2D eigenvalue weighted by Crippen LogP contribution is -2.18. The smallest absolute Gasteiger partial charge is 0.258 e. The van der Waals surface area contributed by atoms with Crippen LogP contribution in [0, 0.1) is 0 Å². The number of hydrogen-bond donors (Lipinski definition) is 2. The first-order valence-corrected chi connectivity index (χ1v) is 9.56. The van der Waals surface area contributed by atoms with Gasteiger partial charge in [-0.1, -0.05) is 36.4 Å². The zero-order chi connectivity index (χ0) is 19.5. The molecule has 2 heterocycles. The van der Waals surface area contributed by atoms with Crippen molar-refractivity contribution in [1.29, 1.82) is 0 Å². The minimum absolute atomic E-state index is 0.120. The van der Waals surface area contributed by atoms with E-state index in [4.69, 9.17) is 4.42 Å². The lowest BCUT2D eigenvalue weighted by Gasteiger charge is -2.05. The molecule has 0 saturated heterocycles. The largest absolute Gasteiger partial charge is 0.458 e. The Morgan fingerprint density at radius 1 is 1.07 bits per heavy atom. The van der Waals surface area contributed by atoms with Crippen LogP contribution in [0.2, 0.25) is 0 Å². The van der Waals surface area contributed by atoms with E-state index in [1.165, 1.54) is 18.3 Å². The highest BCUT2D eigenvalue weighted by Crippen LogP contribution is 2.27. The van der Waals surface area contributed by atoms with Crippen LogP contribution in [0.25, 0.3) is 22.2 Å². The molecule has 0 aliphatic carbocycles. The molecule has 2 amide bonds. The van der Waals surface area contributed by atoms with Crippen LogP contribution >= 0.6 is 11.3 Å². The van der Waals surface area contributed by atoms with Crippen molar-refractivity contribution in [2.24, 2.45) is 0 Å². The van der Waals surface area contributed by atoms with Crippen molar-refractivity contribution < 1.29 is 14.0 Å². The molecule has 0 radical (unpaired) electrons. The molecule has 0 saturated carbocycles. The lowest BCUT2D eigenvalue weighted by molar-refractivity contribution is -0.119. The average molecular weight is 391 g/mol. The molecule has 140 valence electrons. The average Bonchev–Trinajstić information content (AvgIpc) is 3.35. The zero-order valence-electron chi connectivity index (χ0n) is 15.1. The van der Waals surface area contributed by atoms with Crippen molar-refractivity contribution in [3.63, 3.8) is 0 Å². The van der Waals surface area contributed by atoms with E-state index in [1.54, 1.807) is 18.2 Å². The fourth-order valence-corrected chi connectivity index (χ4v) is 3.55. The maximum atomic E-state index is 12.7. The van der Waals surface area contributed by atoms with Crippen LogP contribution in [0.1, 0.15) is 23.0 Å². The zero-order valence-corrected chi connectivity index (χ0v) is 15.9. The van der Waals surface area contributed by atoms with Gasteiger partial charge in [-0.05, 0) is 29.0 Å². The summed E-state index contributed by atoms with van der Waals surface area (Å²) in [5.74, 6) is 0.898. The van der Waals surface area contributed by atoms with Crippen LogP contribution in [-0.4, -0.2) is 16.8 Å². The topological polar surface area (TPSA) is 84.2 Å². The number of carbonyl (C=O) groups is 2. The van der Waals surface area contributed by atoms with Crippen molar-refractivity contribution >= 4 is 39.1 Å². The number of furan rings is 1. The van der Waals surface area contributed by atoms with Crippen molar-refractivity contribution in [2.75, 3.05) is 5.32 Å². The van der Waals surface area contributed by atoms with E-state index in [0.717, 1.165) is 10.8 Å². The normalized spacial score (nSPS) is 10.8. The standard InChI is InChI=1S/C21H17N3O3S/c1-13(25)22-11-15-9-10-19(27-15)18-12-28-21(23-18)24-20(26)17-8-4-6-14-5-2-3-7-16(14)17/h2-10,12H,11H2,1H3,(H,22,25)(H,23,24,26). The third kappa shape index (κ3) is 3.79. The van der Waals surface area contributed by atoms with E-state index in [-0.39, 0.29) is 11.8 Å². The second-order valence-corrected chi connectivity index (χ2v) is 7.05. The number of fused-ring (bicyclic) bond motifs is 1. The maximum absolute atomic E-state index is 12.7. The minimum atomic E-state index is -0.205. The molecule has 0 spiro atoms. The Hall–Kier alpha value is -3.45. The third-order valence-electron chi connectivity index (χ3n) is 4.18. The summed E-state index contributed by atoms with van der Waals surface area (Å²) >= 11 is 1.33. The number of anilines is 1. The summed E-state index contributed by atoms with van der Waals surface area (Å²) < 4.78 is 5.70. The fourth-order valence-electron chi connectivity index (χ4n) is 2.85. The second-order valence-electron chi connectivity index (χ2n) is 6.19. The van der Waals surface area contributed by atoms with Crippen LogP contribution in [0.5, 0.6) is 0 Å². The molecule has 4 aromatic rings. The van der Waals surface area contributed by atoms with Gasteiger partial charge in [-0.25, -0.2) is 4.98 Å². The predicted octanol–water partition coefficient (Wildman–Crippen LogP) is 4.44. The second kappa shape index (κ2) is 7.66. The molecule has 0 atom stereocenters. The number of nitrogens with one attached hydrogen (secondary N) is 2. The van der Waals surface area contributed by atoms with Gasteiger partial charge in [-0.3, -0.25) is 14.9 Å².